The van der Waals surface area contributed by atoms with E-state index in [2.05, 4.69) is 49.4 Å². The fraction of sp³-hybridized carbons (Fsp3) is 0.769. The lowest BCUT2D eigenvalue weighted by Gasteiger charge is -2.31. The maximum atomic E-state index is 4.57. The van der Waals surface area contributed by atoms with Crippen molar-refractivity contribution in [1.29, 1.82) is 0 Å². The molecule has 3 heteroatoms. The predicted molar refractivity (Wildman–Crippen MR) is 73.1 cm³/mol. The topological polar surface area (TPSA) is 17.8 Å². The summed E-state index contributed by atoms with van der Waals surface area (Å²) in [5.41, 5.74) is 1.56. The first-order valence-corrected chi connectivity index (χ1v) is 6.89. The van der Waals surface area contributed by atoms with Gasteiger partial charge in [-0.25, -0.2) is 0 Å². The van der Waals surface area contributed by atoms with Crippen LogP contribution in [-0.2, 0) is 6.54 Å². The van der Waals surface area contributed by atoms with E-state index in [-0.39, 0.29) is 0 Å². The standard InChI is InChI=1S/C13H24N2S/c1-4-6-13(11-16,7-5-2)10-15-9-12(3)8-14-15/h8-9,16H,4-7,10-11H2,1-3H3. The third kappa shape index (κ3) is 3.55. The molecule has 1 aromatic heterocycles. The van der Waals surface area contributed by atoms with Gasteiger partial charge in [0.15, 0.2) is 0 Å². The predicted octanol–water partition coefficient (Wildman–Crippen LogP) is 3.71. The van der Waals surface area contributed by atoms with Crippen molar-refractivity contribution < 1.29 is 0 Å². The number of thiol groups is 1. The molecule has 1 heterocycles. The number of aromatic nitrogens is 2. The third-order valence-corrected chi connectivity index (χ3v) is 3.83. The summed E-state index contributed by atoms with van der Waals surface area (Å²) in [4.78, 5) is 0. The van der Waals surface area contributed by atoms with Crippen LogP contribution in [0.5, 0.6) is 0 Å². The summed E-state index contributed by atoms with van der Waals surface area (Å²) < 4.78 is 2.08. The molecule has 16 heavy (non-hydrogen) atoms. The lowest BCUT2D eigenvalue weighted by molar-refractivity contribution is 0.222. The number of aryl methyl sites for hydroxylation is 1. The molecule has 0 spiro atoms. The largest absolute Gasteiger partial charge is 0.272 e. The van der Waals surface area contributed by atoms with Gasteiger partial charge in [0, 0.05) is 12.7 Å². The molecule has 0 fully saturated rings. The molecule has 0 N–H and O–H groups in total. The Bertz CT molecular complexity index is 301. The summed E-state index contributed by atoms with van der Waals surface area (Å²) in [6, 6.07) is 0. The van der Waals surface area contributed by atoms with E-state index >= 15 is 0 Å². The van der Waals surface area contributed by atoms with Crippen molar-refractivity contribution in [3.05, 3.63) is 18.0 Å². The highest BCUT2D eigenvalue weighted by atomic mass is 32.1. The second kappa shape index (κ2) is 6.33. The molecule has 92 valence electrons. The molecular formula is C13H24N2S. The van der Waals surface area contributed by atoms with Crippen molar-refractivity contribution in [2.24, 2.45) is 5.41 Å². The Hall–Kier alpha value is -0.440. The number of nitrogens with zero attached hydrogens (tertiary/aromatic N) is 2. The summed E-state index contributed by atoms with van der Waals surface area (Å²) in [7, 11) is 0. The fourth-order valence-electron chi connectivity index (χ4n) is 2.45. The zero-order valence-corrected chi connectivity index (χ0v) is 11.6. The van der Waals surface area contributed by atoms with Crippen molar-refractivity contribution in [3.8, 4) is 0 Å². The van der Waals surface area contributed by atoms with Crippen molar-refractivity contribution in [2.45, 2.75) is 53.0 Å². The van der Waals surface area contributed by atoms with Gasteiger partial charge in [-0.3, -0.25) is 4.68 Å². The van der Waals surface area contributed by atoms with E-state index in [1.807, 2.05) is 6.20 Å². The van der Waals surface area contributed by atoms with Crippen molar-refractivity contribution >= 4 is 12.6 Å². The van der Waals surface area contributed by atoms with Gasteiger partial charge in [-0.2, -0.15) is 17.7 Å². The first-order valence-electron chi connectivity index (χ1n) is 6.25. The normalized spacial score (nSPS) is 12.0. The molecule has 1 rings (SSSR count). The van der Waals surface area contributed by atoms with E-state index in [0.717, 1.165) is 12.3 Å². The van der Waals surface area contributed by atoms with Crippen LogP contribution in [0.4, 0.5) is 0 Å². The minimum Gasteiger partial charge on any atom is -0.272 e. The molecule has 0 aromatic carbocycles. The Morgan fingerprint density at radius 1 is 1.31 bits per heavy atom. The van der Waals surface area contributed by atoms with Gasteiger partial charge < -0.3 is 0 Å². The number of rotatable bonds is 7. The third-order valence-electron chi connectivity index (χ3n) is 3.16. The highest BCUT2D eigenvalue weighted by molar-refractivity contribution is 7.80. The van der Waals surface area contributed by atoms with Crippen LogP contribution in [-0.4, -0.2) is 15.5 Å². The van der Waals surface area contributed by atoms with E-state index < -0.39 is 0 Å². The van der Waals surface area contributed by atoms with Crippen molar-refractivity contribution in [2.75, 3.05) is 5.75 Å². The van der Waals surface area contributed by atoms with Crippen LogP contribution in [0.1, 0.15) is 45.1 Å². The zero-order chi connectivity index (χ0) is 12.0. The van der Waals surface area contributed by atoms with Crippen molar-refractivity contribution in [1.82, 2.24) is 9.78 Å². The maximum absolute atomic E-state index is 4.57. The van der Waals surface area contributed by atoms with Gasteiger partial charge in [-0.1, -0.05) is 26.7 Å². The van der Waals surface area contributed by atoms with E-state index in [0.29, 0.717) is 5.41 Å². The summed E-state index contributed by atoms with van der Waals surface area (Å²) >= 11 is 4.57. The molecule has 0 aliphatic rings. The van der Waals surface area contributed by atoms with Gasteiger partial charge in [-0.05, 0) is 36.5 Å². The highest BCUT2D eigenvalue weighted by Crippen LogP contribution is 2.33. The van der Waals surface area contributed by atoms with Gasteiger partial charge in [0.05, 0.1) is 6.20 Å². The van der Waals surface area contributed by atoms with Gasteiger partial charge in [0.2, 0.25) is 0 Å². The molecule has 0 bridgehead atoms. The number of hydrogen-bond acceptors (Lipinski definition) is 2. The summed E-state index contributed by atoms with van der Waals surface area (Å²) in [5, 5.41) is 4.40. The molecule has 0 saturated carbocycles. The van der Waals surface area contributed by atoms with Gasteiger partial charge in [-0.15, -0.1) is 0 Å². The smallest absolute Gasteiger partial charge is 0.0518 e. The Morgan fingerprint density at radius 2 is 1.94 bits per heavy atom. The fourth-order valence-corrected chi connectivity index (χ4v) is 2.87. The molecule has 0 radical (unpaired) electrons. The Kier molecular flexibility index (Phi) is 5.39. The lowest BCUT2D eigenvalue weighted by Crippen LogP contribution is -2.29. The van der Waals surface area contributed by atoms with Gasteiger partial charge >= 0.3 is 0 Å². The van der Waals surface area contributed by atoms with Crippen LogP contribution in [0, 0.1) is 12.3 Å². The molecule has 1 aromatic rings. The van der Waals surface area contributed by atoms with Crippen LogP contribution in [0.3, 0.4) is 0 Å². The molecule has 0 saturated heterocycles. The van der Waals surface area contributed by atoms with E-state index in [1.165, 1.54) is 31.2 Å². The quantitative estimate of drug-likeness (QED) is 0.719. The Morgan fingerprint density at radius 3 is 2.31 bits per heavy atom. The van der Waals surface area contributed by atoms with Crippen LogP contribution < -0.4 is 0 Å². The average Bonchev–Trinajstić information content (AvgIpc) is 2.64. The molecule has 0 atom stereocenters. The van der Waals surface area contributed by atoms with Crippen molar-refractivity contribution in [3.63, 3.8) is 0 Å². The molecule has 0 aliphatic carbocycles. The number of hydrogen-bond donors (Lipinski definition) is 1. The van der Waals surface area contributed by atoms with Crippen LogP contribution >= 0.6 is 12.6 Å². The van der Waals surface area contributed by atoms with E-state index in [1.54, 1.807) is 0 Å². The first-order chi connectivity index (χ1) is 7.65. The van der Waals surface area contributed by atoms with Crippen LogP contribution in [0.25, 0.3) is 0 Å². The second-order valence-corrected chi connectivity index (χ2v) is 5.19. The molecular weight excluding hydrogens is 216 g/mol. The lowest BCUT2D eigenvalue weighted by atomic mass is 9.81. The monoisotopic (exact) mass is 240 g/mol. The molecule has 0 aliphatic heterocycles. The van der Waals surface area contributed by atoms with E-state index in [9.17, 15) is 0 Å². The minimum absolute atomic E-state index is 0.324. The Balaban J connectivity index is 2.75. The Labute approximate surface area is 105 Å². The summed E-state index contributed by atoms with van der Waals surface area (Å²) in [6.07, 6.45) is 8.98. The SMILES string of the molecule is CCCC(CS)(CCC)Cn1cc(C)cn1. The van der Waals surface area contributed by atoms with Gasteiger partial charge in [0.25, 0.3) is 0 Å². The molecule has 0 unspecified atom stereocenters. The van der Waals surface area contributed by atoms with Crippen LogP contribution in [0.15, 0.2) is 12.4 Å². The molecule has 0 amide bonds. The average molecular weight is 240 g/mol. The van der Waals surface area contributed by atoms with E-state index in [4.69, 9.17) is 0 Å². The minimum atomic E-state index is 0.324. The second-order valence-electron chi connectivity index (χ2n) is 4.87. The summed E-state index contributed by atoms with van der Waals surface area (Å²) in [5.74, 6) is 0.952. The highest BCUT2D eigenvalue weighted by Gasteiger charge is 2.27. The first kappa shape index (κ1) is 13.6. The zero-order valence-electron chi connectivity index (χ0n) is 10.7. The van der Waals surface area contributed by atoms with Gasteiger partial charge in [0.1, 0.15) is 0 Å². The molecule has 2 nitrogen and oxygen atoms in total. The maximum Gasteiger partial charge on any atom is 0.0518 e. The van der Waals surface area contributed by atoms with Crippen LogP contribution in [0.2, 0.25) is 0 Å². The summed E-state index contributed by atoms with van der Waals surface area (Å²) in [6.45, 7) is 7.60.